The predicted octanol–water partition coefficient (Wildman–Crippen LogP) is 2.85. The van der Waals surface area contributed by atoms with Crippen molar-refractivity contribution < 1.29 is 9.59 Å². The van der Waals surface area contributed by atoms with Gasteiger partial charge in [0.15, 0.2) is 0 Å². The molecule has 0 unspecified atom stereocenters. The monoisotopic (exact) mass is 378 g/mol. The Labute approximate surface area is 165 Å². The van der Waals surface area contributed by atoms with Gasteiger partial charge >= 0.3 is 0 Å². The summed E-state index contributed by atoms with van der Waals surface area (Å²) in [6.45, 7) is 1.67. The number of allylic oxidation sites excluding steroid dienone is 1. The lowest BCUT2D eigenvalue weighted by molar-refractivity contribution is 0.0779. The standard InChI is InChI=1S/C22H26N4O2/c1-25-13-17(24-15-25)10-11-26-14-20-18(8-5-9-19(20)22(26)28)21(27)23-12-16-6-3-2-4-7-16/h5-6,8-9,13,15H,2-4,7,10-12,14H2,1H3,(H,23,27). The lowest BCUT2D eigenvalue weighted by Crippen LogP contribution is -2.28. The molecular weight excluding hydrogens is 352 g/mol. The zero-order valence-corrected chi connectivity index (χ0v) is 16.3. The first-order chi connectivity index (χ1) is 13.6. The van der Waals surface area contributed by atoms with Gasteiger partial charge in [0.05, 0.1) is 12.0 Å². The second-order valence-electron chi connectivity index (χ2n) is 7.63. The van der Waals surface area contributed by atoms with Gasteiger partial charge < -0.3 is 14.8 Å². The van der Waals surface area contributed by atoms with Crippen LogP contribution in [0.4, 0.5) is 0 Å². The van der Waals surface area contributed by atoms with E-state index in [1.54, 1.807) is 17.3 Å². The summed E-state index contributed by atoms with van der Waals surface area (Å²) in [5.74, 6) is -0.0988. The normalized spacial score (nSPS) is 16.1. The van der Waals surface area contributed by atoms with Gasteiger partial charge in [0.1, 0.15) is 0 Å². The highest BCUT2D eigenvalue weighted by molar-refractivity contribution is 6.04. The third-order valence-electron chi connectivity index (χ3n) is 5.54. The Kier molecular flexibility index (Phi) is 5.28. The van der Waals surface area contributed by atoms with Crippen LogP contribution in [0.5, 0.6) is 0 Å². The molecule has 0 spiro atoms. The van der Waals surface area contributed by atoms with Crippen LogP contribution in [-0.2, 0) is 20.0 Å². The summed E-state index contributed by atoms with van der Waals surface area (Å²) < 4.78 is 1.90. The number of nitrogens with zero attached hydrogens (tertiary/aromatic N) is 3. The van der Waals surface area contributed by atoms with Gasteiger partial charge in [0, 0.05) is 50.4 Å². The number of aromatic nitrogens is 2. The molecule has 2 aliphatic rings. The van der Waals surface area contributed by atoms with Crippen molar-refractivity contribution >= 4 is 11.8 Å². The molecular formula is C22H26N4O2. The summed E-state index contributed by atoms with van der Waals surface area (Å²) in [7, 11) is 1.93. The molecule has 2 heterocycles. The maximum Gasteiger partial charge on any atom is 0.254 e. The summed E-state index contributed by atoms with van der Waals surface area (Å²) >= 11 is 0. The number of imidazole rings is 1. The van der Waals surface area contributed by atoms with Crippen molar-refractivity contribution in [1.82, 2.24) is 19.8 Å². The molecule has 0 saturated carbocycles. The SMILES string of the molecule is Cn1cnc(CCN2Cc3c(C(=O)NCC4=CCCCC4)cccc3C2=O)c1. The molecule has 0 saturated heterocycles. The molecule has 1 aliphatic carbocycles. The van der Waals surface area contributed by atoms with E-state index in [-0.39, 0.29) is 11.8 Å². The third-order valence-corrected chi connectivity index (χ3v) is 5.54. The average molecular weight is 378 g/mol. The fraction of sp³-hybridized carbons (Fsp3) is 0.409. The summed E-state index contributed by atoms with van der Waals surface area (Å²) in [5, 5.41) is 3.04. The minimum Gasteiger partial charge on any atom is -0.348 e. The van der Waals surface area contributed by atoms with Crippen LogP contribution in [0, 0.1) is 0 Å². The smallest absolute Gasteiger partial charge is 0.254 e. The molecule has 0 atom stereocenters. The Morgan fingerprint density at radius 1 is 1.29 bits per heavy atom. The lowest BCUT2D eigenvalue weighted by Gasteiger charge is -2.15. The van der Waals surface area contributed by atoms with Crippen molar-refractivity contribution in [3.8, 4) is 0 Å². The molecule has 2 amide bonds. The first-order valence-electron chi connectivity index (χ1n) is 9.96. The lowest BCUT2D eigenvalue weighted by atomic mass is 9.99. The number of hydrogen-bond acceptors (Lipinski definition) is 3. The Balaban J connectivity index is 1.43. The summed E-state index contributed by atoms with van der Waals surface area (Å²) in [4.78, 5) is 31.7. The number of aryl methyl sites for hydroxylation is 1. The van der Waals surface area contributed by atoms with Gasteiger partial charge in [-0.05, 0) is 43.4 Å². The average Bonchev–Trinajstić information content (AvgIpc) is 3.28. The number of amides is 2. The maximum absolute atomic E-state index is 12.8. The van der Waals surface area contributed by atoms with E-state index in [1.807, 2.05) is 29.9 Å². The Morgan fingerprint density at radius 2 is 2.18 bits per heavy atom. The molecule has 146 valence electrons. The molecule has 0 bridgehead atoms. The zero-order chi connectivity index (χ0) is 19.5. The van der Waals surface area contributed by atoms with Gasteiger partial charge in [0.2, 0.25) is 0 Å². The van der Waals surface area contributed by atoms with Crippen LogP contribution in [0.1, 0.15) is 57.7 Å². The largest absolute Gasteiger partial charge is 0.348 e. The van der Waals surface area contributed by atoms with Gasteiger partial charge in [0.25, 0.3) is 11.8 Å². The zero-order valence-electron chi connectivity index (χ0n) is 16.3. The van der Waals surface area contributed by atoms with Crippen LogP contribution < -0.4 is 5.32 Å². The van der Waals surface area contributed by atoms with E-state index in [9.17, 15) is 9.59 Å². The summed E-state index contributed by atoms with van der Waals surface area (Å²) in [6, 6.07) is 5.44. The van der Waals surface area contributed by atoms with Crippen molar-refractivity contribution in [2.24, 2.45) is 7.05 Å². The van der Waals surface area contributed by atoms with Crippen LogP contribution in [0.15, 0.2) is 42.4 Å². The minimum atomic E-state index is -0.0947. The van der Waals surface area contributed by atoms with Crippen LogP contribution in [-0.4, -0.2) is 39.4 Å². The first-order valence-corrected chi connectivity index (χ1v) is 9.96. The van der Waals surface area contributed by atoms with E-state index in [0.29, 0.717) is 37.2 Å². The van der Waals surface area contributed by atoms with Crippen LogP contribution in [0.2, 0.25) is 0 Å². The molecule has 6 heteroatoms. The highest BCUT2D eigenvalue weighted by atomic mass is 16.2. The molecule has 2 aromatic rings. The number of carbonyl (C=O) groups excluding carboxylic acids is 2. The second-order valence-corrected chi connectivity index (χ2v) is 7.63. The molecule has 6 nitrogen and oxygen atoms in total. The first kappa shape index (κ1) is 18.5. The molecule has 1 N–H and O–H groups in total. The van der Waals surface area contributed by atoms with E-state index < -0.39 is 0 Å². The van der Waals surface area contributed by atoms with Crippen molar-refractivity contribution in [2.45, 2.75) is 38.6 Å². The van der Waals surface area contributed by atoms with E-state index in [4.69, 9.17) is 0 Å². The van der Waals surface area contributed by atoms with Crippen molar-refractivity contribution in [1.29, 1.82) is 0 Å². The molecule has 1 aromatic heterocycles. The Morgan fingerprint density at radius 3 is 2.93 bits per heavy atom. The Bertz CT molecular complexity index is 928. The number of hydrogen-bond donors (Lipinski definition) is 1. The van der Waals surface area contributed by atoms with Gasteiger partial charge in [-0.1, -0.05) is 17.7 Å². The molecule has 1 aromatic carbocycles. The topological polar surface area (TPSA) is 67.2 Å². The quantitative estimate of drug-likeness (QED) is 0.786. The van der Waals surface area contributed by atoms with Gasteiger partial charge in [-0.2, -0.15) is 0 Å². The summed E-state index contributed by atoms with van der Waals surface area (Å²) in [6.07, 6.45) is 11.3. The highest BCUT2D eigenvalue weighted by Gasteiger charge is 2.30. The number of nitrogens with one attached hydrogen (secondary N) is 1. The highest BCUT2D eigenvalue weighted by Crippen LogP contribution is 2.26. The number of fused-ring (bicyclic) bond motifs is 1. The molecule has 4 rings (SSSR count). The van der Waals surface area contributed by atoms with Crippen LogP contribution in [0.25, 0.3) is 0 Å². The minimum absolute atomic E-state index is 0.00410. The van der Waals surface area contributed by atoms with Crippen molar-refractivity contribution in [2.75, 3.05) is 13.1 Å². The van der Waals surface area contributed by atoms with Crippen LogP contribution in [0.3, 0.4) is 0 Å². The van der Waals surface area contributed by atoms with Crippen molar-refractivity contribution in [3.05, 3.63) is 64.8 Å². The molecule has 28 heavy (non-hydrogen) atoms. The van der Waals surface area contributed by atoms with E-state index in [1.165, 1.54) is 18.4 Å². The number of rotatable bonds is 6. The fourth-order valence-corrected chi connectivity index (χ4v) is 3.98. The third kappa shape index (κ3) is 3.86. The number of carbonyl (C=O) groups is 2. The summed E-state index contributed by atoms with van der Waals surface area (Å²) in [5.41, 5.74) is 4.36. The predicted molar refractivity (Wildman–Crippen MR) is 107 cm³/mol. The molecule has 0 fully saturated rings. The van der Waals surface area contributed by atoms with E-state index >= 15 is 0 Å². The second kappa shape index (κ2) is 8.00. The molecule has 0 radical (unpaired) electrons. The maximum atomic E-state index is 12.8. The fourth-order valence-electron chi connectivity index (χ4n) is 3.98. The Hall–Kier alpha value is -2.89. The van der Waals surface area contributed by atoms with Crippen molar-refractivity contribution in [3.63, 3.8) is 0 Å². The number of benzene rings is 1. The van der Waals surface area contributed by atoms with E-state index in [0.717, 1.165) is 24.1 Å². The molecule has 1 aliphatic heterocycles. The van der Waals surface area contributed by atoms with Gasteiger partial charge in [-0.3, -0.25) is 9.59 Å². The van der Waals surface area contributed by atoms with Gasteiger partial charge in [-0.25, -0.2) is 4.98 Å². The van der Waals surface area contributed by atoms with E-state index in [2.05, 4.69) is 16.4 Å². The van der Waals surface area contributed by atoms with Gasteiger partial charge in [-0.15, -0.1) is 0 Å². The van der Waals surface area contributed by atoms with Crippen LogP contribution >= 0.6 is 0 Å².